The maximum Gasteiger partial charge on any atom is 0.306 e. The third-order valence-electron chi connectivity index (χ3n) is 7.86. The van der Waals surface area contributed by atoms with Crippen molar-refractivity contribution in [1.29, 1.82) is 0 Å². The molecule has 0 amide bonds. The van der Waals surface area contributed by atoms with Crippen molar-refractivity contribution in [3.05, 3.63) is 60.8 Å². The lowest BCUT2D eigenvalue weighted by atomic mass is 10.0. The van der Waals surface area contributed by atoms with Crippen LogP contribution in [-0.4, -0.2) is 47.6 Å². The number of carbonyl (C=O) groups is 2. The van der Waals surface area contributed by atoms with E-state index < -0.39 is 24.8 Å². The maximum atomic E-state index is 12.2. The minimum atomic E-state index is -0.846. The molecule has 0 aromatic rings. The van der Waals surface area contributed by atoms with Gasteiger partial charge in [-0.2, -0.15) is 0 Å². The fraction of sp³-hybridized carbons (Fsp3) is 0.707. The summed E-state index contributed by atoms with van der Waals surface area (Å²) < 4.78 is 10.5. The largest absolute Gasteiger partial charge is 0.462 e. The van der Waals surface area contributed by atoms with E-state index in [2.05, 4.69) is 57.2 Å². The maximum absolute atomic E-state index is 12.2. The topological polar surface area (TPSA) is 93.1 Å². The summed E-state index contributed by atoms with van der Waals surface area (Å²) in [7, 11) is 0. The van der Waals surface area contributed by atoms with Gasteiger partial charge in [0.05, 0.1) is 12.7 Å². The van der Waals surface area contributed by atoms with Crippen molar-refractivity contribution >= 4 is 11.9 Å². The molecule has 0 aliphatic carbocycles. The van der Waals surface area contributed by atoms with E-state index >= 15 is 0 Å². The molecule has 0 aromatic carbocycles. The van der Waals surface area contributed by atoms with Crippen molar-refractivity contribution in [1.82, 2.24) is 0 Å². The molecule has 0 fully saturated rings. The first-order valence-corrected chi connectivity index (χ1v) is 18.8. The molecule has 0 aromatic heterocycles. The Morgan fingerprint density at radius 3 is 1.68 bits per heavy atom. The Morgan fingerprint density at radius 2 is 1.13 bits per heavy atom. The van der Waals surface area contributed by atoms with Crippen LogP contribution in [0.3, 0.4) is 0 Å². The second-order valence-electron chi connectivity index (χ2n) is 13.0. The minimum absolute atomic E-state index is 0.152. The highest BCUT2D eigenvalue weighted by atomic mass is 16.6. The molecule has 47 heavy (non-hydrogen) atoms. The number of unbranched alkanes of at least 4 members (excludes halogenated alkanes) is 11. The van der Waals surface area contributed by atoms with E-state index in [1.807, 2.05) is 18.2 Å². The van der Waals surface area contributed by atoms with Crippen molar-refractivity contribution in [2.45, 2.75) is 168 Å². The van der Waals surface area contributed by atoms with Crippen LogP contribution in [0, 0.1) is 5.92 Å². The second kappa shape index (κ2) is 34.9. The van der Waals surface area contributed by atoms with Gasteiger partial charge in [0, 0.05) is 12.8 Å². The lowest BCUT2D eigenvalue weighted by Crippen LogP contribution is -2.28. The highest BCUT2D eigenvalue weighted by Crippen LogP contribution is 2.15. The third-order valence-corrected chi connectivity index (χ3v) is 7.86. The van der Waals surface area contributed by atoms with Gasteiger partial charge in [-0.15, -0.1) is 0 Å². The molecule has 0 rings (SSSR count). The molecule has 0 heterocycles. The molecule has 1 unspecified atom stereocenters. The summed E-state index contributed by atoms with van der Waals surface area (Å²) in [6.07, 6.45) is 40.3. The molecular weight excluding hydrogens is 588 g/mol. The summed E-state index contributed by atoms with van der Waals surface area (Å²) in [5.74, 6) is 0.0304. The van der Waals surface area contributed by atoms with Gasteiger partial charge < -0.3 is 19.7 Å². The van der Waals surface area contributed by atoms with Crippen LogP contribution < -0.4 is 0 Å². The summed E-state index contributed by atoms with van der Waals surface area (Å²) in [6, 6.07) is 0. The summed E-state index contributed by atoms with van der Waals surface area (Å²) >= 11 is 0. The first-order chi connectivity index (χ1) is 22.9. The normalized spacial score (nSPS) is 13.7. The zero-order valence-electron chi connectivity index (χ0n) is 30.3. The van der Waals surface area contributed by atoms with E-state index in [-0.39, 0.29) is 19.0 Å². The van der Waals surface area contributed by atoms with Gasteiger partial charge in [-0.05, 0) is 50.9 Å². The Kier molecular flexibility index (Phi) is 33.1. The quantitative estimate of drug-likeness (QED) is 0.0323. The van der Waals surface area contributed by atoms with Crippen LogP contribution in [0.1, 0.15) is 156 Å². The van der Waals surface area contributed by atoms with Gasteiger partial charge in [0.2, 0.25) is 0 Å². The highest BCUT2D eigenvalue weighted by Gasteiger charge is 2.16. The predicted octanol–water partition coefficient (Wildman–Crippen LogP) is 10.4. The molecule has 6 nitrogen and oxygen atoms in total. The van der Waals surface area contributed by atoms with Gasteiger partial charge >= 0.3 is 11.9 Å². The van der Waals surface area contributed by atoms with Crippen LogP contribution in [0.2, 0.25) is 0 Å². The molecule has 0 saturated heterocycles. The van der Waals surface area contributed by atoms with Gasteiger partial charge in [0.25, 0.3) is 0 Å². The summed E-state index contributed by atoms with van der Waals surface area (Å²) in [5, 5.41) is 19.6. The SMILES string of the molecule is CC/C=C\C/C=C\C/C=C\C/C=C\C=C\C(O)CCCC(=O)OC[C@H](CO)OC(=O)CCCCCCCCCCCCCCC(C)C. The average molecular weight is 659 g/mol. The van der Waals surface area contributed by atoms with Crippen molar-refractivity contribution in [2.24, 2.45) is 5.92 Å². The first-order valence-electron chi connectivity index (χ1n) is 18.8. The number of rotatable bonds is 32. The second-order valence-corrected chi connectivity index (χ2v) is 13.0. The van der Waals surface area contributed by atoms with E-state index in [0.717, 1.165) is 50.9 Å². The van der Waals surface area contributed by atoms with Gasteiger partial charge in [0.1, 0.15) is 6.61 Å². The lowest BCUT2D eigenvalue weighted by molar-refractivity contribution is -0.161. The molecule has 270 valence electrons. The molecule has 2 N–H and O–H groups in total. The Hall–Kier alpha value is -2.44. The number of hydrogen-bond acceptors (Lipinski definition) is 6. The van der Waals surface area contributed by atoms with Crippen LogP contribution in [0.15, 0.2) is 60.8 Å². The highest BCUT2D eigenvalue weighted by molar-refractivity contribution is 5.70. The average Bonchev–Trinajstić information content (AvgIpc) is 3.05. The molecular formula is C41H70O6. The third kappa shape index (κ3) is 34.7. The van der Waals surface area contributed by atoms with Gasteiger partial charge in [-0.3, -0.25) is 9.59 Å². The number of carbonyl (C=O) groups excluding carboxylic acids is 2. The van der Waals surface area contributed by atoms with Crippen LogP contribution >= 0.6 is 0 Å². The summed E-state index contributed by atoms with van der Waals surface area (Å²) in [5.41, 5.74) is 0. The summed E-state index contributed by atoms with van der Waals surface area (Å²) in [4.78, 5) is 24.2. The molecule has 0 bridgehead atoms. The molecule has 0 radical (unpaired) electrons. The fourth-order valence-electron chi connectivity index (χ4n) is 5.00. The standard InChI is InChI=1S/C41H70O6/c1-4-5-6-7-8-9-10-11-15-18-21-24-27-31-38(43)32-29-34-40(44)46-36-39(35-42)47-41(45)33-28-25-22-19-16-13-12-14-17-20-23-26-30-37(2)3/h5-6,8-9,11,15,21,24,27,31,37-39,42-43H,4,7,10,12-14,16-20,22-23,25-26,28-30,32-36H2,1-3H3/b6-5-,9-8-,15-11-,24-21-,31-27+/t38?,39-/m0/s1. The zero-order valence-corrected chi connectivity index (χ0v) is 30.3. The molecule has 6 heteroatoms. The smallest absolute Gasteiger partial charge is 0.306 e. The lowest BCUT2D eigenvalue weighted by Gasteiger charge is -2.16. The Balaban J connectivity index is 3.78. The zero-order chi connectivity index (χ0) is 34.6. The van der Waals surface area contributed by atoms with Crippen molar-refractivity contribution < 1.29 is 29.3 Å². The number of esters is 2. The molecule has 0 spiro atoms. The van der Waals surface area contributed by atoms with Crippen molar-refractivity contribution in [2.75, 3.05) is 13.2 Å². The number of ether oxygens (including phenoxy) is 2. The van der Waals surface area contributed by atoms with Crippen LogP contribution in [-0.2, 0) is 19.1 Å². The van der Waals surface area contributed by atoms with Crippen LogP contribution in [0.5, 0.6) is 0 Å². The van der Waals surface area contributed by atoms with Crippen molar-refractivity contribution in [3.63, 3.8) is 0 Å². The first kappa shape index (κ1) is 44.6. The Bertz CT molecular complexity index is 869. The van der Waals surface area contributed by atoms with E-state index in [1.165, 1.54) is 64.2 Å². The van der Waals surface area contributed by atoms with E-state index in [4.69, 9.17) is 9.47 Å². The van der Waals surface area contributed by atoms with Gasteiger partial charge in [-0.25, -0.2) is 0 Å². The van der Waals surface area contributed by atoms with E-state index in [9.17, 15) is 19.8 Å². The minimum Gasteiger partial charge on any atom is -0.462 e. The van der Waals surface area contributed by atoms with Crippen LogP contribution in [0.25, 0.3) is 0 Å². The molecule has 2 atom stereocenters. The van der Waals surface area contributed by atoms with E-state index in [0.29, 0.717) is 19.3 Å². The Labute approximate surface area is 288 Å². The molecule has 0 aliphatic heterocycles. The van der Waals surface area contributed by atoms with E-state index in [1.54, 1.807) is 6.08 Å². The Morgan fingerprint density at radius 1 is 0.617 bits per heavy atom. The number of allylic oxidation sites excluding steroid dienone is 9. The van der Waals surface area contributed by atoms with Crippen LogP contribution in [0.4, 0.5) is 0 Å². The molecule has 0 aliphatic rings. The summed E-state index contributed by atoms with van der Waals surface area (Å²) in [6.45, 7) is 6.18. The number of aliphatic hydroxyl groups is 2. The number of hydrogen-bond donors (Lipinski definition) is 2. The van der Waals surface area contributed by atoms with Gasteiger partial charge in [-0.1, -0.05) is 159 Å². The monoisotopic (exact) mass is 659 g/mol. The molecule has 0 saturated carbocycles. The predicted molar refractivity (Wildman–Crippen MR) is 197 cm³/mol. The fourth-order valence-corrected chi connectivity index (χ4v) is 5.00. The number of aliphatic hydroxyl groups excluding tert-OH is 2. The van der Waals surface area contributed by atoms with Crippen molar-refractivity contribution in [3.8, 4) is 0 Å². The van der Waals surface area contributed by atoms with Gasteiger partial charge in [0.15, 0.2) is 6.10 Å².